The molecule has 1 aliphatic heterocycles. The lowest BCUT2D eigenvalue weighted by Gasteiger charge is -2.08. The molecule has 0 amide bonds. The largest absolute Gasteiger partial charge is 0.469 e. The lowest BCUT2D eigenvalue weighted by Crippen LogP contribution is -2.20. The number of carbonyl (C=O) groups excluding carboxylic acids is 1. The molecule has 1 heterocycles. The molecule has 1 aliphatic rings. The standard InChI is InChI=1S/C11H12ClNO2/c1-15-11(14)6-7-5-8-9(12)3-2-4-10(8)13-7/h2-4,7,13H,5-6H2,1H3. The summed E-state index contributed by atoms with van der Waals surface area (Å²) in [6.07, 6.45) is 1.16. The molecule has 3 nitrogen and oxygen atoms in total. The number of hydrogen-bond acceptors (Lipinski definition) is 3. The van der Waals surface area contributed by atoms with Crippen molar-refractivity contribution >= 4 is 23.3 Å². The molecule has 0 fully saturated rings. The Morgan fingerprint density at radius 3 is 3.13 bits per heavy atom. The predicted molar refractivity (Wildman–Crippen MR) is 59.2 cm³/mol. The van der Waals surface area contributed by atoms with Crippen LogP contribution < -0.4 is 5.32 Å². The summed E-state index contributed by atoms with van der Waals surface area (Å²) in [4.78, 5) is 11.1. The molecule has 1 N–H and O–H groups in total. The molecule has 1 aromatic rings. The topological polar surface area (TPSA) is 38.3 Å². The van der Waals surface area contributed by atoms with Gasteiger partial charge in [-0.2, -0.15) is 0 Å². The van der Waals surface area contributed by atoms with Crippen LogP contribution in [0.4, 0.5) is 5.69 Å². The summed E-state index contributed by atoms with van der Waals surface area (Å²) in [6, 6.07) is 5.84. The van der Waals surface area contributed by atoms with E-state index in [1.54, 1.807) is 0 Å². The number of ether oxygens (including phenoxy) is 1. The van der Waals surface area contributed by atoms with Crippen molar-refractivity contribution in [3.05, 3.63) is 28.8 Å². The van der Waals surface area contributed by atoms with Gasteiger partial charge in [-0.05, 0) is 24.1 Å². The van der Waals surface area contributed by atoms with Gasteiger partial charge in [0.15, 0.2) is 0 Å². The van der Waals surface area contributed by atoms with Gasteiger partial charge >= 0.3 is 5.97 Å². The Bertz CT molecular complexity index is 392. The van der Waals surface area contributed by atoms with Gasteiger partial charge in [-0.25, -0.2) is 0 Å². The van der Waals surface area contributed by atoms with Crippen LogP contribution in [0.2, 0.25) is 5.02 Å². The van der Waals surface area contributed by atoms with Crippen LogP contribution in [-0.4, -0.2) is 19.1 Å². The van der Waals surface area contributed by atoms with E-state index in [1.165, 1.54) is 7.11 Å². The molecule has 0 saturated heterocycles. The Morgan fingerprint density at radius 1 is 1.67 bits per heavy atom. The number of methoxy groups -OCH3 is 1. The van der Waals surface area contributed by atoms with E-state index in [4.69, 9.17) is 11.6 Å². The number of fused-ring (bicyclic) bond motifs is 1. The summed E-state index contributed by atoms with van der Waals surface area (Å²) in [6.45, 7) is 0. The number of esters is 1. The first-order valence-corrected chi connectivity index (χ1v) is 5.19. The van der Waals surface area contributed by atoms with Crippen LogP contribution in [0.15, 0.2) is 18.2 Å². The van der Waals surface area contributed by atoms with Gasteiger partial charge in [-0.1, -0.05) is 17.7 Å². The zero-order valence-electron chi connectivity index (χ0n) is 8.42. The molecule has 0 aliphatic carbocycles. The third-order valence-electron chi connectivity index (χ3n) is 2.57. The highest BCUT2D eigenvalue weighted by Gasteiger charge is 2.24. The minimum absolute atomic E-state index is 0.104. The van der Waals surface area contributed by atoms with E-state index in [0.29, 0.717) is 6.42 Å². The molecular weight excluding hydrogens is 214 g/mol. The van der Waals surface area contributed by atoms with Gasteiger partial charge in [-0.15, -0.1) is 0 Å². The van der Waals surface area contributed by atoms with Crippen molar-refractivity contribution in [3.8, 4) is 0 Å². The van der Waals surface area contributed by atoms with Gasteiger partial charge in [0.2, 0.25) is 0 Å². The Balaban J connectivity index is 2.09. The number of hydrogen-bond donors (Lipinski definition) is 1. The molecule has 0 radical (unpaired) electrons. The number of nitrogens with one attached hydrogen (secondary N) is 1. The maximum Gasteiger partial charge on any atom is 0.307 e. The molecule has 2 rings (SSSR count). The van der Waals surface area contributed by atoms with Crippen LogP contribution >= 0.6 is 11.6 Å². The summed E-state index contributed by atoms with van der Waals surface area (Å²) in [5, 5.41) is 4.01. The molecule has 0 spiro atoms. The van der Waals surface area contributed by atoms with Crippen LogP contribution in [0.5, 0.6) is 0 Å². The molecule has 1 aromatic carbocycles. The molecular formula is C11H12ClNO2. The normalized spacial score (nSPS) is 18.1. The van der Waals surface area contributed by atoms with E-state index in [2.05, 4.69) is 10.1 Å². The van der Waals surface area contributed by atoms with Crippen LogP contribution in [0, 0.1) is 0 Å². The first kappa shape index (κ1) is 10.3. The molecule has 0 aromatic heterocycles. The van der Waals surface area contributed by atoms with E-state index < -0.39 is 0 Å². The highest BCUT2D eigenvalue weighted by Crippen LogP contribution is 2.32. The van der Waals surface area contributed by atoms with E-state index in [-0.39, 0.29) is 12.0 Å². The molecule has 0 saturated carbocycles. The fraction of sp³-hybridized carbons (Fsp3) is 0.364. The SMILES string of the molecule is COC(=O)CC1Cc2c(Cl)cccc2N1. The lowest BCUT2D eigenvalue weighted by molar-refractivity contribution is -0.140. The van der Waals surface area contributed by atoms with Crippen molar-refractivity contribution < 1.29 is 9.53 Å². The van der Waals surface area contributed by atoms with Gasteiger partial charge < -0.3 is 10.1 Å². The number of carbonyl (C=O) groups is 1. The second kappa shape index (κ2) is 4.11. The number of anilines is 1. The van der Waals surface area contributed by atoms with Gasteiger partial charge in [0.05, 0.1) is 13.5 Å². The summed E-state index contributed by atoms with van der Waals surface area (Å²) < 4.78 is 4.63. The highest BCUT2D eigenvalue weighted by molar-refractivity contribution is 6.31. The van der Waals surface area contributed by atoms with Crippen molar-refractivity contribution in [3.63, 3.8) is 0 Å². The quantitative estimate of drug-likeness (QED) is 0.785. The van der Waals surface area contributed by atoms with Crippen LogP contribution in [0.25, 0.3) is 0 Å². The fourth-order valence-corrected chi connectivity index (χ4v) is 2.08. The molecule has 1 atom stereocenters. The Kier molecular flexibility index (Phi) is 2.82. The second-order valence-corrected chi connectivity index (χ2v) is 4.00. The highest BCUT2D eigenvalue weighted by atomic mass is 35.5. The second-order valence-electron chi connectivity index (χ2n) is 3.59. The number of benzene rings is 1. The predicted octanol–water partition coefficient (Wildman–Crippen LogP) is 2.24. The van der Waals surface area contributed by atoms with E-state index in [0.717, 1.165) is 22.7 Å². The van der Waals surface area contributed by atoms with Crippen LogP contribution in [0.1, 0.15) is 12.0 Å². The van der Waals surface area contributed by atoms with E-state index >= 15 is 0 Å². The van der Waals surface area contributed by atoms with Crippen LogP contribution in [-0.2, 0) is 16.0 Å². The van der Waals surface area contributed by atoms with Gasteiger partial charge in [0.1, 0.15) is 0 Å². The van der Waals surface area contributed by atoms with Crippen molar-refractivity contribution in [1.29, 1.82) is 0 Å². The molecule has 80 valence electrons. The Labute approximate surface area is 93.4 Å². The summed E-state index contributed by atoms with van der Waals surface area (Å²) in [7, 11) is 1.40. The summed E-state index contributed by atoms with van der Waals surface area (Å²) in [5.74, 6) is -0.198. The molecule has 1 unspecified atom stereocenters. The summed E-state index contributed by atoms with van der Waals surface area (Å²) >= 11 is 6.05. The maximum absolute atomic E-state index is 11.1. The fourth-order valence-electron chi connectivity index (χ4n) is 1.83. The molecule has 15 heavy (non-hydrogen) atoms. The Morgan fingerprint density at radius 2 is 2.47 bits per heavy atom. The third kappa shape index (κ3) is 2.07. The van der Waals surface area contributed by atoms with Crippen molar-refractivity contribution in [1.82, 2.24) is 0 Å². The average Bonchev–Trinajstić information content (AvgIpc) is 2.62. The van der Waals surface area contributed by atoms with E-state index in [1.807, 2.05) is 18.2 Å². The van der Waals surface area contributed by atoms with Crippen molar-refractivity contribution in [2.75, 3.05) is 12.4 Å². The lowest BCUT2D eigenvalue weighted by atomic mass is 10.1. The monoisotopic (exact) mass is 225 g/mol. The average molecular weight is 226 g/mol. The first-order chi connectivity index (χ1) is 7.20. The third-order valence-corrected chi connectivity index (χ3v) is 2.92. The maximum atomic E-state index is 11.1. The summed E-state index contributed by atoms with van der Waals surface area (Å²) in [5.41, 5.74) is 2.12. The zero-order chi connectivity index (χ0) is 10.8. The zero-order valence-corrected chi connectivity index (χ0v) is 9.17. The van der Waals surface area contributed by atoms with Crippen molar-refractivity contribution in [2.45, 2.75) is 18.9 Å². The van der Waals surface area contributed by atoms with Crippen molar-refractivity contribution in [2.24, 2.45) is 0 Å². The van der Waals surface area contributed by atoms with Gasteiger partial charge in [-0.3, -0.25) is 4.79 Å². The minimum Gasteiger partial charge on any atom is -0.469 e. The molecule has 4 heteroatoms. The minimum atomic E-state index is -0.198. The first-order valence-electron chi connectivity index (χ1n) is 4.81. The smallest absolute Gasteiger partial charge is 0.307 e. The van der Waals surface area contributed by atoms with E-state index in [9.17, 15) is 4.79 Å². The molecule has 0 bridgehead atoms. The van der Waals surface area contributed by atoms with Crippen LogP contribution in [0.3, 0.4) is 0 Å². The number of rotatable bonds is 2. The Hall–Kier alpha value is -1.22. The number of halogens is 1. The van der Waals surface area contributed by atoms with Gasteiger partial charge in [0.25, 0.3) is 0 Å². The van der Waals surface area contributed by atoms with Gasteiger partial charge in [0, 0.05) is 16.8 Å².